The number of amidine groups is 1. The zero-order valence-electron chi connectivity index (χ0n) is 7.21. The Morgan fingerprint density at radius 3 is 2.92 bits per heavy atom. The standard InChI is InChI=1S/C9H15N3/c1-2-9(11-5-1)12-8-3-6-10-7-4-8/h1-2,8,10H,3-7H2,(H,11,12). The second-order valence-corrected chi connectivity index (χ2v) is 3.30. The molecule has 0 radical (unpaired) electrons. The third-order valence-electron chi connectivity index (χ3n) is 2.33. The Bertz CT molecular complexity index is 202. The summed E-state index contributed by atoms with van der Waals surface area (Å²) in [5.74, 6) is 1.07. The average Bonchev–Trinajstić information content (AvgIpc) is 2.59. The number of nitrogens with zero attached hydrogens (tertiary/aromatic N) is 1. The van der Waals surface area contributed by atoms with Crippen LogP contribution in [0.25, 0.3) is 0 Å². The molecule has 0 aliphatic carbocycles. The van der Waals surface area contributed by atoms with Gasteiger partial charge in [-0.3, -0.25) is 4.99 Å². The number of rotatable bonds is 1. The highest BCUT2D eigenvalue weighted by molar-refractivity contribution is 5.94. The van der Waals surface area contributed by atoms with Crippen molar-refractivity contribution in [3.8, 4) is 0 Å². The summed E-state index contributed by atoms with van der Waals surface area (Å²) in [5, 5.41) is 6.78. The Kier molecular flexibility index (Phi) is 2.42. The van der Waals surface area contributed by atoms with Crippen molar-refractivity contribution in [2.45, 2.75) is 18.9 Å². The van der Waals surface area contributed by atoms with Gasteiger partial charge in [-0.25, -0.2) is 0 Å². The van der Waals surface area contributed by atoms with Crippen LogP contribution in [0.2, 0.25) is 0 Å². The molecule has 3 nitrogen and oxygen atoms in total. The molecule has 0 aromatic heterocycles. The van der Waals surface area contributed by atoms with Gasteiger partial charge in [0.2, 0.25) is 0 Å². The highest BCUT2D eigenvalue weighted by atomic mass is 15.0. The predicted octanol–water partition coefficient (Wildman–Crippen LogP) is 0.296. The molecule has 2 N–H and O–H groups in total. The van der Waals surface area contributed by atoms with Gasteiger partial charge in [0.05, 0.1) is 6.54 Å². The van der Waals surface area contributed by atoms with Crippen LogP contribution < -0.4 is 10.6 Å². The number of aliphatic imine (C=N–C) groups is 1. The summed E-state index contributed by atoms with van der Waals surface area (Å²) in [6.07, 6.45) is 6.59. The molecule has 0 spiro atoms. The van der Waals surface area contributed by atoms with Crippen LogP contribution in [0.3, 0.4) is 0 Å². The van der Waals surface area contributed by atoms with Gasteiger partial charge in [-0.15, -0.1) is 0 Å². The third-order valence-corrected chi connectivity index (χ3v) is 2.33. The molecule has 0 aromatic rings. The maximum Gasteiger partial charge on any atom is 0.121 e. The first-order chi connectivity index (χ1) is 5.95. The molecule has 0 bridgehead atoms. The summed E-state index contributed by atoms with van der Waals surface area (Å²) in [4.78, 5) is 4.30. The third kappa shape index (κ3) is 1.85. The quantitative estimate of drug-likeness (QED) is 0.586. The van der Waals surface area contributed by atoms with Crippen LogP contribution in [0.4, 0.5) is 0 Å². The number of hydrogen-bond donors (Lipinski definition) is 2. The van der Waals surface area contributed by atoms with E-state index in [2.05, 4.69) is 27.8 Å². The van der Waals surface area contributed by atoms with Gasteiger partial charge in [0.25, 0.3) is 0 Å². The van der Waals surface area contributed by atoms with E-state index in [1.165, 1.54) is 12.8 Å². The van der Waals surface area contributed by atoms with Gasteiger partial charge in [-0.2, -0.15) is 0 Å². The van der Waals surface area contributed by atoms with Crippen LogP contribution in [0, 0.1) is 0 Å². The van der Waals surface area contributed by atoms with E-state index in [1.54, 1.807) is 0 Å². The lowest BCUT2D eigenvalue weighted by molar-refractivity contribution is 0.430. The smallest absolute Gasteiger partial charge is 0.121 e. The van der Waals surface area contributed by atoms with E-state index in [0.717, 1.165) is 25.5 Å². The molecule has 0 amide bonds. The lowest BCUT2D eigenvalue weighted by Gasteiger charge is -2.23. The first kappa shape index (κ1) is 7.80. The molecular formula is C9H15N3. The van der Waals surface area contributed by atoms with Crippen LogP contribution in [0.5, 0.6) is 0 Å². The van der Waals surface area contributed by atoms with E-state index in [-0.39, 0.29) is 0 Å². The Hall–Kier alpha value is -0.830. The summed E-state index contributed by atoms with van der Waals surface area (Å²) in [6.45, 7) is 3.12. The van der Waals surface area contributed by atoms with E-state index >= 15 is 0 Å². The van der Waals surface area contributed by atoms with Crippen LogP contribution in [0.15, 0.2) is 17.1 Å². The Balaban J connectivity index is 1.81. The van der Waals surface area contributed by atoms with Crippen LogP contribution in [-0.2, 0) is 0 Å². The van der Waals surface area contributed by atoms with Crippen molar-refractivity contribution >= 4 is 5.84 Å². The van der Waals surface area contributed by atoms with E-state index in [0.29, 0.717) is 6.04 Å². The molecule has 2 rings (SSSR count). The van der Waals surface area contributed by atoms with Gasteiger partial charge in [0.1, 0.15) is 5.84 Å². The predicted molar refractivity (Wildman–Crippen MR) is 50.5 cm³/mol. The maximum absolute atomic E-state index is 4.30. The summed E-state index contributed by atoms with van der Waals surface area (Å²) < 4.78 is 0. The fourth-order valence-electron chi connectivity index (χ4n) is 1.64. The molecule has 1 saturated heterocycles. The monoisotopic (exact) mass is 165 g/mol. The molecule has 0 saturated carbocycles. The topological polar surface area (TPSA) is 36.4 Å². The normalized spacial score (nSPS) is 24.2. The molecule has 0 atom stereocenters. The molecular weight excluding hydrogens is 150 g/mol. The molecule has 1 fully saturated rings. The van der Waals surface area contributed by atoms with Gasteiger partial charge >= 0.3 is 0 Å². The lowest BCUT2D eigenvalue weighted by atomic mass is 10.1. The van der Waals surface area contributed by atoms with E-state index < -0.39 is 0 Å². The molecule has 66 valence electrons. The van der Waals surface area contributed by atoms with Crippen molar-refractivity contribution in [3.63, 3.8) is 0 Å². The minimum absolute atomic E-state index is 0.632. The van der Waals surface area contributed by atoms with Crippen molar-refractivity contribution in [2.24, 2.45) is 4.99 Å². The summed E-state index contributed by atoms with van der Waals surface area (Å²) in [7, 11) is 0. The molecule has 0 aromatic carbocycles. The zero-order valence-corrected chi connectivity index (χ0v) is 7.21. The van der Waals surface area contributed by atoms with Gasteiger partial charge < -0.3 is 10.6 Å². The summed E-state index contributed by atoms with van der Waals surface area (Å²) in [5.41, 5.74) is 0. The van der Waals surface area contributed by atoms with Crippen LogP contribution in [-0.4, -0.2) is 31.5 Å². The van der Waals surface area contributed by atoms with Gasteiger partial charge in [-0.05, 0) is 32.0 Å². The first-order valence-electron chi connectivity index (χ1n) is 4.63. The zero-order chi connectivity index (χ0) is 8.23. The van der Waals surface area contributed by atoms with Crippen molar-refractivity contribution in [1.82, 2.24) is 10.6 Å². The molecule has 2 heterocycles. The summed E-state index contributed by atoms with van der Waals surface area (Å²) in [6, 6.07) is 0.632. The SMILES string of the molecule is C1=CC(NC2CCNCC2)=NC1. The fourth-order valence-corrected chi connectivity index (χ4v) is 1.64. The largest absolute Gasteiger partial charge is 0.368 e. The minimum atomic E-state index is 0.632. The lowest BCUT2D eigenvalue weighted by Crippen LogP contribution is -2.41. The van der Waals surface area contributed by atoms with Crippen molar-refractivity contribution in [2.75, 3.05) is 19.6 Å². The van der Waals surface area contributed by atoms with Crippen LogP contribution >= 0.6 is 0 Å². The maximum atomic E-state index is 4.30. The second-order valence-electron chi connectivity index (χ2n) is 3.30. The number of hydrogen-bond acceptors (Lipinski definition) is 3. The number of piperidine rings is 1. The first-order valence-corrected chi connectivity index (χ1v) is 4.63. The van der Waals surface area contributed by atoms with Crippen molar-refractivity contribution < 1.29 is 0 Å². The van der Waals surface area contributed by atoms with E-state index in [9.17, 15) is 0 Å². The second kappa shape index (κ2) is 3.72. The Labute approximate surface area is 73.0 Å². The fraction of sp³-hybridized carbons (Fsp3) is 0.667. The average molecular weight is 165 g/mol. The van der Waals surface area contributed by atoms with Crippen molar-refractivity contribution in [1.29, 1.82) is 0 Å². The molecule has 2 aliphatic rings. The highest BCUT2D eigenvalue weighted by Crippen LogP contribution is 2.03. The molecule has 3 heteroatoms. The van der Waals surface area contributed by atoms with E-state index in [1.807, 2.05) is 0 Å². The van der Waals surface area contributed by atoms with Gasteiger partial charge in [0.15, 0.2) is 0 Å². The summed E-state index contributed by atoms with van der Waals surface area (Å²) >= 11 is 0. The number of nitrogens with one attached hydrogen (secondary N) is 2. The molecule has 2 aliphatic heterocycles. The van der Waals surface area contributed by atoms with E-state index in [4.69, 9.17) is 0 Å². The molecule has 12 heavy (non-hydrogen) atoms. The molecule has 0 unspecified atom stereocenters. The van der Waals surface area contributed by atoms with Gasteiger partial charge in [0, 0.05) is 6.04 Å². The van der Waals surface area contributed by atoms with Gasteiger partial charge in [-0.1, -0.05) is 6.08 Å². The van der Waals surface area contributed by atoms with Crippen LogP contribution in [0.1, 0.15) is 12.8 Å². The Morgan fingerprint density at radius 1 is 1.42 bits per heavy atom. The Morgan fingerprint density at radius 2 is 2.25 bits per heavy atom. The van der Waals surface area contributed by atoms with Crippen molar-refractivity contribution in [3.05, 3.63) is 12.2 Å². The minimum Gasteiger partial charge on any atom is -0.368 e. The highest BCUT2D eigenvalue weighted by Gasteiger charge is 2.13.